The lowest BCUT2D eigenvalue weighted by molar-refractivity contribution is -0.138. The fourth-order valence-electron chi connectivity index (χ4n) is 2.96. The van der Waals surface area contributed by atoms with Crippen molar-refractivity contribution in [2.24, 2.45) is 0 Å². The zero-order valence-electron chi connectivity index (χ0n) is 15.0. The molecule has 0 aliphatic carbocycles. The van der Waals surface area contributed by atoms with Crippen LogP contribution < -0.4 is 0 Å². The number of halogens is 1. The van der Waals surface area contributed by atoms with E-state index < -0.39 is 12.0 Å². The normalized spacial score (nSPS) is 11.8. The molecule has 0 radical (unpaired) electrons. The summed E-state index contributed by atoms with van der Waals surface area (Å²) in [5.41, 5.74) is 1.78. The largest absolute Gasteiger partial charge is 0.480 e. The Kier molecular flexibility index (Phi) is 7.52. The van der Waals surface area contributed by atoms with Gasteiger partial charge in [0, 0.05) is 5.56 Å². The van der Waals surface area contributed by atoms with E-state index in [0.29, 0.717) is 18.3 Å². The fraction of sp³-hybridized carbons (Fsp3) is 0.250. The van der Waals surface area contributed by atoms with Crippen LogP contribution in [0.4, 0.5) is 0 Å². The van der Waals surface area contributed by atoms with Gasteiger partial charge in [0.25, 0.3) is 0 Å². The molecular weight excluding hydrogens is 366 g/mol. The lowest BCUT2D eigenvalue weighted by Crippen LogP contribution is -2.35. The van der Waals surface area contributed by atoms with Crippen LogP contribution in [0.1, 0.15) is 30.8 Å². The fourth-order valence-corrected chi connectivity index (χ4v) is 2.96. The predicted octanol–water partition coefficient (Wildman–Crippen LogP) is 4.04. The van der Waals surface area contributed by atoms with Crippen LogP contribution in [0.2, 0.25) is 0 Å². The lowest BCUT2D eigenvalue weighted by Gasteiger charge is -2.27. The molecule has 1 N–H and O–H groups in total. The molecule has 1 atom stereocenters. The first kappa shape index (κ1) is 20.6. The van der Waals surface area contributed by atoms with E-state index in [1.807, 2.05) is 72.5 Å². The smallest absolute Gasteiger partial charge is 0.317 e. The average molecular weight is 388 g/mol. The Labute approximate surface area is 164 Å². The van der Waals surface area contributed by atoms with E-state index in [0.717, 1.165) is 17.5 Å². The van der Waals surface area contributed by atoms with Gasteiger partial charge in [0.1, 0.15) is 6.04 Å². The van der Waals surface area contributed by atoms with Crippen LogP contribution in [0, 0.1) is 0 Å². The Morgan fingerprint density at radius 3 is 2.33 bits per heavy atom. The molecule has 142 valence electrons. The third-order valence-corrected chi connectivity index (χ3v) is 4.04. The Hall–Kier alpha value is -2.70. The van der Waals surface area contributed by atoms with Crippen LogP contribution in [-0.4, -0.2) is 39.2 Å². The highest BCUT2D eigenvalue weighted by Gasteiger charge is 2.29. The van der Waals surface area contributed by atoms with Crippen molar-refractivity contribution in [2.45, 2.75) is 19.4 Å². The first-order chi connectivity index (χ1) is 12.7. The summed E-state index contributed by atoms with van der Waals surface area (Å²) in [6.07, 6.45) is 0.816. The number of nitrogens with zero attached hydrogens (tertiary/aromatic N) is 3. The van der Waals surface area contributed by atoms with Crippen LogP contribution in [0.25, 0.3) is 11.4 Å². The van der Waals surface area contributed by atoms with Gasteiger partial charge in [-0.3, -0.25) is 9.69 Å². The molecule has 3 rings (SSSR count). The number of rotatable bonds is 8. The molecule has 0 bridgehead atoms. The zero-order valence-corrected chi connectivity index (χ0v) is 15.8. The molecule has 0 amide bonds. The minimum atomic E-state index is -0.887. The van der Waals surface area contributed by atoms with Crippen molar-refractivity contribution in [2.75, 3.05) is 13.1 Å². The van der Waals surface area contributed by atoms with Gasteiger partial charge in [-0.2, -0.15) is 4.98 Å². The third-order valence-electron chi connectivity index (χ3n) is 4.04. The van der Waals surface area contributed by atoms with Gasteiger partial charge in [-0.15, -0.1) is 12.4 Å². The quantitative estimate of drug-likeness (QED) is 0.628. The van der Waals surface area contributed by atoms with Crippen LogP contribution in [-0.2, 0) is 4.79 Å². The van der Waals surface area contributed by atoms with Gasteiger partial charge in [0.15, 0.2) is 0 Å². The summed E-state index contributed by atoms with van der Waals surface area (Å²) < 4.78 is 5.55. The molecular formula is C20H22ClN3O3. The maximum Gasteiger partial charge on any atom is 0.317 e. The molecule has 7 heteroatoms. The van der Waals surface area contributed by atoms with E-state index >= 15 is 0 Å². The summed E-state index contributed by atoms with van der Waals surface area (Å²) >= 11 is 0. The van der Waals surface area contributed by atoms with Crippen molar-refractivity contribution >= 4 is 18.4 Å². The summed E-state index contributed by atoms with van der Waals surface area (Å²) in [7, 11) is 0. The molecule has 1 heterocycles. The van der Waals surface area contributed by atoms with Crippen LogP contribution >= 0.6 is 12.4 Å². The van der Waals surface area contributed by atoms with Crippen molar-refractivity contribution in [3.8, 4) is 11.4 Å². The molecule has 3 aromatic rings. The molecule has 1 aromatic heterocycles. The number of hydrogen-bond acceptors (Lipinski definition) is 5. The van der Waals surface area contributed by atoms with Gasteiger partial charge in [0.2, 0.25) is 11.7 Å². The maximum absolute atomic E-state index is 11.4. The molecule has 0 saturated carbocycles. The molecule has 27 heavy (non-hydrogen) atoms. The monoisotopic (exact) mass is 387 g/mol. The molecule has 0 aliphatic rings. The second kappa shape index (κ2) is 9.85. The zero-order chi connectivity index (χ0) is 18.4. The third kappa shape index (κ3) is 5.15. The molecule has 0 fully saturated rings. The molecule has 1 unspecified atom stereocenters. The number of carbonyl (C=O) groups is 1. The highest BCUT2D eigenvalue weighted by Crippen LogP contribution is 2.29. The molecule has 0 saturated heterocycles. The van der Waals surface area contributed by atoms with Crippen LogP contribution in [0.3, 0.4) is 0 Å². The van der Waals surface area contributed by atoms with Gasteiger partial charge in [-0.05, 0) is 18.5 Å². The summed E-state index contributed by atoms with van der Waals surface area (Å²) in [6.45, 7) is 2.52. The Morgan fingerprint density at radius 1 is 1.11 bits per heavy atom. The number of benzene rings is 2. The lowest BCUT2D eigenvalue weighted by atomic mass is 10.0. The molecule has 2 aromatic carbocycles. The molecule has 0 aliphatic heterocycles. The number of aromatic nitrogens is 2. The van der Waals surface area contributed by atoms with E-state index in [2.05, 4.69) is 10.1 Å². The number of aliphatic carboxylic acids is 1. The van der Waals surface area contributed by atoms with E-state index in [1.54, 1.807) is 0 Å². The van der Waals surface area contributed by atoms with Crippen LogP contribution in [0.5, 0.6) is 0 Å². The summed E-state index contributed by atoms with van der Waals surface area (Å²) in [6, 6.07) is 18.8. The van der Waals surface area contributed by atoms with Crippen molar-refractivity contribution in [3.05, 3.63) is 72.1 Å². The number of carboxylic acids is 1. The summed E-state index contributed by atoms with van der Waals surface area (Å²) in [5, 5.41) is 13.4. The second-order valence-corrected chi connectivity index (χ2v) is 6.00. The first-order valence-electron chi connectivity index (χ1n) is 8.59. The second-order valence-electron chi connectivity index (χ2n) is 6.00. The van der Waals surface area contributed by atoms with Crippen molar-refractivity contribution < 1.29 is 14.4 Å². The predicted molar refractivity (Wildman–Crippen MR) is 105 cm³/mol. The van der Waals surface area contributed by atoms with Gasteiger partial charge in [0.05, 0.1) is 6.54 Å². The number of carboxylic acid groups (broad SMARTS) is 1. The van der Waals surface area contributed by atoms with Gasteiger partial charge >= 0.3 is 5.97 Å². The first-order valence-corrected chi connectivity index (χ1v) is 8.59. The number of hydrogen-bond donors (Lipinski definition) is 1. The maximum atomic E-state index is 11.4. The minimum absolute atomic E-state index is 0. The summed E-state index contributed by atoms with van der Waals surface area (Å²) in [5.74, 6) is 0.000219. The van der Waals surface area contributed by atoms with Gasteiger partial charge < -0.3 is 9.63 Å². The van der Waals surface area contributed by atoms with Gasteiger partial charge in [-0.25, -0.2) is 0 Å². The van der Waals surface area contributed by atoms with Crippen molar-refractivity contribution in [3.63, 3.8) is 0 Å². The Bertz CT molecular complexity index is 840. The summed E-state index contributed by atoms with van der Waals surface area (Å²) in [4.78, 5) is 17.8. The van der Waals surface area contributed by atoms with Crippen LogP contribution in [0.15, 0.2) is 65.2 Å². The molecule has 0 spiro atoms. The standard InChI is InChI=1S/C20H21N3O3.ClH/c1-2-13-23(14-17(24)25)18(15-9-5-3-6-10-15)20-21-19(22-26-20)16-11-7-4-8-12-16;/h3-12,18H,2,13-14H2,1H3,(H,24,25);1H. The molecule has 6 nitrogen and oxygen atoms in total. The Balaban J connectivity index is 0.00000261. The van der Waals surface area contributed by atoms with Crippen molar-refractivity contribution in [1.29, 1.82) is 0 Å². The topological polar surface area (TPSA) is 79.5 Å². The SMILES string of the molecule is CCCN(CC(=O)O)C(c1ccccc1)c1nc(-c2ccccc2)no1.Cl. The van der Waals surface area contributed by atoms with E-state index in [9.17, 15) is 9.90 Å². The van der Waals surface area contributed by atoms with E-state index in [1.165, 1.54) is 0 Å². The van der Waals surface area contributed by atoms with Gasteiger partial charge in [-0.1, -0.05) is 72.7 Å². The van der Waals surface area contributed by atoms with E-state index in [4.69, 9.17) is 4.52 Å². The average Bonchev–Trinajstić information content (AvgIpc) is 3.13. The van der Waals surface area contributed by atoms with E-state index in [-0.39, 0.29) is 19.0 Å². The van der Waals surface area contributed by atoms with Crippen molar-refractivity contribution in [1.82, 2.24) is 15.0 Å². The highest BCUT2D eigenvalue weighted by atomic mass is 35.5. The Morgan fingerprint density at radius 2 is 1.74 bits per heavy atom. The minimum Gasteiger partial charge on any atom is -0.480 e. The highest BCUT2D eigenvalue weighted by molar-refractivity contribution is 5.85.